The van der Waals surface area contributed by atoms with Crippen LogP contribution in [0.5, 0.6) is 0 Å². The van der Waals surface area contributed by atoms with E-state index < -0.39 is 39.2 Å². The van der Waals surface area contributed by atoms with Crippen molar-refractivity contribution in [3.05, 3.63) is 18.1 Å². The number of anilines is 1. The van der Waals surface area contributed by atoms with E-state index in [1.807, 2.05) is 0 Å². The topological polar surface area (TPSA) is 127 Å². The molecule has 4 atom stereocenters. The van der Waals surface area contributed by atoms with Crippen LogP contribution in [0.3, 0.4) is 0 Å². The normalized spacial score (nSPS) is 26.6. The first kappa shape index (κ1) is 17.8. The quantitative estimate of drug-likeness (QED) is 0.432. The number of aliphatic hydroxyl groups is 3. The number of aromatic nitrogens is 3. The minimum absolute atomic E-state index is 0.287. The average Bonchev–Trinajstić information content (AvgIpc) is 3.05. The van der Waals surface area contributed by atoms with Gasteiger partial charge in [-0.2, -0.15) is 0 Å². The Morgan fingerprint density at radius 2 is 2.00 bits per heavy atom. The third-order valence-corrected chi connectivity index (χ3v) is 4.88. The molecule has 25 heavy (non-hydrogen) atoms. The highest BCUT2D eigenvalue weighted by Gasteiger charge is 2.44. The van der Waals surface area contributed by atoms with Crippen molar-refractivity contribution in [1.29, 1.82) is 0 Å². The highest BCUT2D eigenvalue weighted by molar-refractivity contribution is 6.83. The fourth-order valence-electron chi connectivity index (χ4n) is 2.76. The molecule has 2 aromatic rings. The Balaban J connectivity index is 2.14. The number of nitrogen functional groups attached to an aromatic ring is 1. The van der Waals surface area contributed by atoms with E-state index in [0.717, 1.165) is 0 Å². The Morgan fingerprint density at radius 1 is 1.28 bits per heavy atom. The van der Waals surface area contributed by atoms with Gasteiger partial charge in [0.2, 0.25) is 0 Å². The molecule has 1 saturated heterocycles. The van der Waals surface area contributed by atoms with E-state index in [9.17, 15) is 15.3 Å². The number of fused-ring (bicyclic) bond motifs is 1. The lowest BCUT2D eigenvalue weighted by atomic mass is 10.1. The maximum absolute atomic E-state index is 10.3. The van der Waals surface area contributed by atoms with Gasteiger partial charge in [0.15, 0.2) is 6.23 Å². The minimum Gasteiger partial charge on any atom is -0.394 e. The van der Waals surface area contributed by atoms with Crippen LogP contribution in [0, 0.1) is 11.5 Å². The van der Waals surface area contributed by atoms with Crippen LogP contribution in [0.2, 0.25) is 19.6 Å². The van der Waals surface area contributed by atoms with E-state index in [1.54, 1.807) is 10.8 Å². The Morgan fingerprint density at radius 3 is 2.60 bits per heavy atom. The van der Waals surface area contributed by atoms with E-state index >= 15 is 0 Å². The second kappa shape index (κ2) is 6.40. The molecule has 3 rings (SSSR count). The van der Waals surface area contributed by atoms with E-state index in [0.29, 0.717) is 16.6 Å². The molecule has 1 unspecified atom stereocenters. The molecule has 0 amide bonds. The molecule has 134 valence electrons. The molecule has 9 heteroatoms. The Labute approximate surface area is 146 Å². The molecule has 1 fully saturated rings. The second-order valence-corrected chi connectivity index (χ2v) is 11.9. The van der Waals surface area contributed by atoms with Crippen LogP contribution in [0.4, 0.5) is 5.82 Å². The van der Waals surface area contributed by atoms with Gasteiger partial charge in [-0.3, -0.25) is 0 Å². The van der Waals surface area contributed by atoms with Crippen LogP contribution in [0.15, 0.2) is 12.5 Å². The summed E-state index contributed by atoms with van der Waals surface area (Å²) in [4.78, 5) is 8.26. The maximum atomic E-state index is 10.3. The first-order valence-electron chi connectivity index (χ1n) is 7.99. The SMILES string of the molecule is C[Si](C)(C)C#Cc1cn([C@@H]2O[C@H](CO)C(O)[C@@H]2O)c2ncnc(N)c12. The number of nitrogens with two attached hydrogens (primary N) is 1. The molecule has 3 heterocycles. The summed E-state index contributed by atoms with van der Waals surface area (Å²) >= 11 is 0. The fraction of sp³-hybridized carbons (Fsp3) is 0.500. The van der Waals surface area contributed by atoms with Crippen LogP contribution >= 0.6 is 0 Å². The monoisotopic (exact) mass is 362 g/mol. The van der Waals surface area contributed by atoms with Gasteiger partial charge in [0.1, 0.15) is 44.2 Å². The van der Waals surface area contributed by atoms with Gasteiger partial charge in [0, 0.05) is 6.20 Å². The zero-order chi connectivity index (χ0) is 18.4. The Kier molecular flexibility index (Phi) is 4.57. The van der Waals surface area contributed by atoms with Crippen molar-refractivity contribution in [3.63, 3.8) is 0 Å². The first-order valence-corrected chi connectivity index (χ1v) is 11.5. The predicted octanol–water partition coefficient (Wildman–Crippen LogP) is -0.146. The van der Waals surface area contributed by atoms with Gasteiger partial charge in [0.05, 0.1) is 17.6 Å². The minimum atomic E-state index is -1.61. The van der Waals surface area contributed by atoms with E-state index in [1.165, 1.54) is 6.33 Å². The largest absolute Gasteiger partial charge is 0.394 e. The Bertz CT molecular complexity index is 851. The predicted molar refractivity (Wildman–Crippen MR) is 95.2 cm³/mol. The van der Waals surface area contributed by atoms with Crippen LogP contribution in [-0.4, -0.2) is 62.8 Å². The summed E-state index contributed by atoms with van der Waals surface area (Å²) in [5.74, 6) is 3.43. The van der Waals surface area contributed by atoms with Gasteiger partial charge >= 0.3 is 0 Å². The molecule has 0 bridgehead atoms. The molecule has 1 aliphatic heterocycles. The van der Waals surface area contributed by atoms with E-state index in [2.05, 4.69) is 41.1 Å². The van der Waals surface area contributed by atoms with Crippen molar-refractivity contribution in [3.8, 4) is 11.5 Å². The zero-order valence-electron chi connectivity index (χ0n) is 14.3. The number of nitrogens with zero attached hydrogens (tertiary/aromatic N) is 3. The number of ether oxygens (including phenoxy) is 1. The van der Waals surface area contributed by atoms with E-state index in [-0.39, 0.29) is 5.82 Å². The van der Waals surface area contributed by atoms with Gasteiger partial charge in [-0.1, -0.05) is 25.6 Å². The summed E-state index contributed by atoms with van der Waals surface area (Å²) in [6.07, 6.45) is -1.14. The summed E-state index contributed by atoms with van der Waals surface area (Å²) in [5, 5.41) is 30.2. The van der Waals surface area contributed by atoms with Crippen LogP contribution in [0.1, 0.15) is 11.8 Å². The van der Waals surface area contributed by atoms with Gasteiger partial charge in [-0.15, -0.1) is 5.54 Å². The van der Waals surface area contributed by atoms with Crippen LogP contribution < -0.4 is 5.73 Å². The molecule has 0 saturated carbocycles. The molecule has 8 nitrogen and oxygen atoms in total. The van der Waals surface area contributed by atoms with Gasteiger partial charge < -0.3 is 30.4 Å². The number of rotatable bonds is 2. The zero-order valence-corrected chi connectivity index (χ0v) is 15.3. The van der Waals surface area contributed by atoms with Gasteiger partial charge in [0.25, 0.3) is 0 Å². The van der Waals surface area contributed by atoms with Crippen molar-refractivity contribution in [2.24, 2.45) is 0 Å². The molecule has 5 N–H and O–H groups in total. The van der Waals surface area contributed by atoms with Gasteiger partial charge in [-0.05, 0) is 0 Å². The summed E-state index contributed by atoms with van der Waals surface area (Å²) in [6, 6.07) is 0. The second-order valence-electron chi connectivity index (χ2n) is 7.14. The molecule has 0 aromatic carbocycles. The lowest BCUT2D eigenvalue weighted by molar-refractivity contribution is -0.0508. The number of hydrogen-bond donors (Lipinski definition) is 4. The Hall–Kier alpha value is -1.96. The van der Waals surface area contributed by atoms with Crippen molar-refractivity contribution >= 4 is 24.9 Å². The molecule has 0 radical (unpaired) electrons. The van der Waals surface area contributed by atoms with Crippen molar-refractivity contribution in [2.75, 3.05) is 12.3 Å². The summed E-state index contributed by atoms with van der Waals surface area (Å²) in [6.45, 7) is 5.99. The molecular formula is C16H22N4O4Si. The smallest absolute Gasteiger partial charge is 0.164 e. The van der Waals surface area contributed by atoms with Crippen LogP contribution in [-0.2, 0) is 4.74 Å². The van der Waals surface area contributed by atoms with E-state index in [4.69, 9.17) is 10.5 Å². The maximum Gasteiger partial charge on any atom is 0.164 e. The highest BCUT2D eigenvalue weighted by Crippen LogP contribution is 2.34. The molecule has 0 aliphatic carbocycles. The fourth-order valence-corrected chi connectivity index (χ4v) is 3.27. The highest BCUT2D eigenvalue weighted by atomic mass is 28.3. The van der Waals surface area contributed by atoms with Gasteiger partial charge in [-0.25, -0.2) is 9.97 Å². The molecule has 0 spiro atoms. The molecule has 2 aromatic heterocycles. The third kappa shape index (κ3) is 3.27. The third-order valence-electron chi connectivity index (χ3n) is 4.00. The summed E-state index contributed by atoms with van der Waals surface area (Å²) < 4.78 is 7.19. The van der Waals surface area contributed by atoms with Crippen molar-refractivity contribution < 1.29 is 20.1 Å². The number of hydrogen-bond acceptors (Lipinski definition) is 7. The van der Waals surface area contributed by atoms with Crippen molar-refractivity contribution in [2.45, 2.75) is 44.2 Å². The lowest BCUT2D eigenvalue weighted by Crippen LogP contribution is -2.33. The first-order chi connectivity index (χ1) is 11.7. The standard InChI is InChI=1S/C16H22N4O4Si/c1-25(2,3)5-4-9-6-20(15-11(9)14(17)18-8-19-15)16-13(23)12(22)10(7-21)24-16/h6,8,10,12-13,16,21-23H,7H2,1-3H3,(H2,17,18,19)/t10-,12?,13+,16-/m1/s1. The molecular weight excluding hydrogens is 340 g/mol. The van der Waals surface area contributed by atoms with Crippen molar-refractivity contribution in [1.82, 2.24) is 14.5 Å². The summed E-state index contributed by atoms with van der Waals surface area (Å²) in [7, 11) is -1.61. The lowest BCUT2D eigenvalue weighted by Gasteiger charge is -2.17. The summed E-state index contributed by atoms with van der Waals surface area (Å²) in [5.41, 5.74) is 10.4. The molecule has 1 aliphatic rings. The number of aliphatic hydroxyl groups excluding tert-OH is 3. The average molecular weight is 362 g/mol. The van der Waals surface area contributed by atoms with Crippen LogP contribution in [0.25, 0.3) is 11.0 Å².